The lowest BCUT2D eigenvalue weighted by molar-refractivity contribution is -0.123. The van der Waals surface area contributed by atoms with Gasteiger partial charge in [0.1, 0.15) is 18.1 Å². The zero-order chi connectivity index (χ0) is 25.1. The van der Waals surface area contributed by atoms with Crippen molar-refractivity contribution in [3.8, 4) is 11.8 Å². The molecule has 1 aliphatic rings. The number of aryl methyl sites for hydroxylation is 1. The highest BCUT2D eigenvalue weighted by atomic mass is 16.5. The molecule has 36 heavy (non-hydrogen) atoms. The summed E-state index contributed by atoms with van der Waals surface area (Å²) in [6.07, 6.45) is 1.67. The van der Waals surface area contributed by atoms with Crippen molar-refractivity contribution in [2.75, 3.05) is 0 Å². The average Bonchev–Trinajstić information content (AvgIpc) is 3.16. The highest BCUT2D eigenvalue weighted by molar-refractivity contribution is 6.14. The number of hydrogen-bond acceptors (Lipinski definition) is 4. The summed E-state index contributed by atoms with van der Waals surface area (Å²) in [5.74, 6) is 0.155. The maximum Gasteiger partial charge on any atom is 0.329 e. The van der Waals surface area contributed by atoms with Crippen molar-refractivity contribution in [3.05, 3.63) is 118 Å². The zero-order valence-electron chi connectivity index (χ0n) is 19.7. The van der Waals surface area contributed by atoms with Crippen molar-refractivity contribution in [3.63, 3.8) is 0 Å². The fraction of sp³-hybridized carbons (Fsp3) is 0.100. The van der Waals surface area contributed by atoms with Crippen LogP contribution in [0, 0.1) is 18.3 Å². The molecule has 1 N–H and O–H groups in total. The first-order chi connectivity index (χ1) is 17.5. The largest absolute Gasteiger partial charge is 0.488 e. The van der Waals surface area contributed by atoms with Crippen LogP contribution in [0.4, 0.5) is 4.79 Å². The van der Waals surface area contributed by atoms with Gasteiger partial charge in [0.15, 0.2) is 0 Å². The van der Waals surface area contributed by atoms with E-state index >= 15 is 0 Å². The van der Waals surface area contributed by atoms with Crippen LogP contribution < -0.4 is 10.1 Å². The number of urea groups is 1. The molecule has 4 aromatic rings. The van der Waals surface area contributed by atoms with Gasteiger partial charge in [-0.1, -0.05) is 78.4 Å². The summed E-state index contributed by atoms with van der Waals surface area (Å²) in [5, 5.41) is 14.0. The molecule has 3 amide bonds. The Morgan fingerprint density at radius 1 is 0.944 bits per heavy atom. The van der Waals surface area contributed by atoms with E-state index in [0.29, 0.717) is 16.9 Å². The van der Waals surface area contributed by atoms with E-state index in [2.05, 4.69) is 11.4 Å². The first-order valence-corrected chi connectivity index (χ1v) is 11.6. The number of rotatable bonds is 6. The molecule has 1 saturated heterocycles. The summed E-state index contributed by atoms with van der Waals surface area (Å²) >= 11 is 0. The van der Waals surface area contributed by atoms with Crippen molar-refractivity contribution in [2.45, 2.75) is 20.1 Å². The molecular formula is C30H23N3O3. The van der Waals surface area contributed by atoms with Gasteiger partial charge in [-0.3, -0.25) is 9.69 Å². The molecule has 0 aromatic heterocycles. The van der Waals surface area contributed by atoms with Crippen LogP contribution in [-0.2, 0) is 17.9 Å². The molecule has 0 radical (unpaired) electrons. The Hall–Kier alpha value is -4.89. The van der Waals surface area contributed by atoms with Gasteiger partial charge in [-0.05, 0) is 41.5 Å². The van der Waals surface area contributed by atoms with Gasteiger partial charge in [0, 0.05) is 11.1 Å². The van der Waals surface area contributed by atoms with E-state index in [4.69, 9.17) is 4.74 Å². The molecule has 0 saturated carbocycles. The predicted molar refractivity (Wildman–Crippen MR) is 138 cm³/mol. The minimum absolute atomic E-state index is 0.186. The van der Waals surface area contributed by atoms with Gasteiger partial charge in [-0.15, -0.1) is 0 Å². The lowest BCUT2D eigenvalue weighted by atomic mass is 10.0. The monoisotopic (exact) mass is 473 g/mol. The molecular weight excluding hydrogens is 450 g/mol. The number of hydrogen-bond donors (Lipinski definition) is 1. The van der Waals surface area contributed by atoms with Gasteiger partial charge in [0.05, 0.1) is 18.2 Å². The second kappa shape index (κ2) is 9.77. The Bertz CT molecular complexity index is 1550. The van der Waals surface area contributed by atoms with E-state index < -0.39 is 11.9 Å². The van der Waals surface area contributed by atoms with Crippen LogP contribution in [0.2, 0.25) is 0 Å². The summed E-state index contributed by atoms with van der Waals surface area (Å²) in [5.41, 5.74) is 4.16. The van der Waals surface area contributed by atoms with Crippen molar-refractivity contribution < 1.29 is 14.3 Å². The highest BCUT2D eigenvalue weighted by Gasteiger charge is 2.33. The quantitative estimate of drug-likeness (QED) is 0.288. The van der Waals surface area contributed by atoms with Crippen molar-refractivity contribution in [1.82, 2.24) is 10.2 Å². The lowest BCUT2D eigenvalue weighted by Gasteiger charge is -2.14. The third-order valence-electron chi connectivity index (χ3n) is 6.16. The van der Waals surface area contributed by atoms with Crippen LogP contribution in [0.3, 0.4) is 0 Å². The molecule has 1 heterocycles. The highest BCUT2D eigenvalue weighted by Crippen LogP contribution is 2.32. The fourth-order valence-electron chi connectivity index (χ4n) is 4.20. The molecule has 0 unspecified atom stereocenters. The third-order valence-corrected chi connectivity index (χ3v) is 6.16. The van der Waals surface area contributed by atoms with E-state index in [-0.39, 0.29) is 18.8 Å². The third kappa shape index (κ3) is 4.55. The maximum absolute atomic E-state index is 13.2. The number of ether oxygens (including phenoxy) is 1. The zero-order valence-corrected chi connectivity index (χ0v) is 19.7. The second-order valence-electron chi connectivity index (χ2n) is 8.62. The van der Waals surface area contributed by atoms with Gasteiger partial charge < -0.3 is 10.1 Å². The molecule has 1 fully saturated rings. The number of benzene rings is 4. The van der Waals surface area contributed by atoms with Gasteiger partial charge in [-0.2, -0.15) is 5.26 Å². The molecule has 0 spiro atoms. The van der Waals surface area contributed by atoms with Crippen LogP contribution in [0.15, 0.2) is 90.6 Å². The first-order valence-electron chi connectivity index (χ1n) is 11.6. The number of amides is 3. The standard InChI is InChI=1S/C30H23N3O3/c1-20-10-12-21(13-11-20)18-33-29(34)27(32-30(33)35)16-26-25-9-5-4-6-22(25)14-15-28(26)36-19-24-8-3-2-7-23(24)17-31/h2-16H,18-19H2,1H3,(H,32,35)/b27-16+. The number of nitrogens with one attached hydrogen (secondary N) is 1. The van der Waals surface area contributed by atoms with Crippen LogP contribution >= 0.6 is 0 Å². The maximum atomic E-state index is 13.2. The SMILES string of the molecule is Cc1ccc(CN2C(=O)N/C(=C/c3c(OCc4ccccc4C#N)ccc4ccccc34)C2=O)cc1. The number of carbonyl (C=O) groups excluding carboxylic acids is 2. The van der Waals surface area contributed by atoms with E-state index in [1.807, 2.05) is 85.8 Å². The normalized spacial score (nSPS) is 14.2. The minimum Gasteiger partial charge on any atom is -0.488 e. The van der Waals surface area contributed by atoms with E-state index in [9.17, 15) is 14.9 Å². The van der Waals surface area contributed by atoms with Crippen LogP contribution in [0.25, 0.3) is 16.8 Å². The van der Waals surface area contributed by atoms with Gasteiger partial charge >= 0.3 is 6.03 Å². The first kappa shape index (κ1) is 22.9. The Kier molecular flexibility index (Phi) is 6.21. The Labute approximate surface area is 209 Å². The molecule has 0 aliphatic carbocycles. The van der Waals surface area contributed by atoms with Crippen molar-refractivity contribution in [1.29, 1.82) is 5.26 Å². The minimum atomic E-state index is -0.461. The molecule has 5 rings (SSSR count). The van der Waals surface area contributed by atoms with Gasteiger partial charge in [-0.25, -0.2) is 4.79 Å². The molecule has 1 aliphatic heterocycles. The Balaban J connectivity index is 1.48. The number of imide groups is 1. The number of nitriles is 1. The topological polar surface area (TPSA) is 82.4 Å². The lowest BCUT2D eigenvalue weighted by Crippen LogP contribution is -2.30. The number of fused-ring (bicyclic) bond motifs is 1. The molecule has 0 atom stereocenters. The van der Waals surface area contributed by atoms with E-state index in [1.54, 1.807) is 12.1 Å². The summed E-state index contributed by atoms with van der Waals surface area (Å²) in [6.45, 7) is 2.37. The van der Waals surface area contributed by atoms with Crippen LogP contribution in [0.5, 0.6) is 5.75 Å². The van der Waals surface area contributed by atoms with Crippen molar-refractivity contribution in [2.24, 2.45) is 0 Å². The van der Waals surface area contributed by atoms with Gasteiger partial charge in [0.25, 0.3) is 5.91 Å². The molecule has 6 heteroatoms. The van der Waals surface area contributed by atoms with E-state index in [1.165, 1.54) is 4.90 Å². The van der Waals surface area contributed by atoms with Crippen molar-refractivity contribution >= 4 is 28.8 Å². The Morgan fingerprint density at radius 2 is 1.69 bits per heavy atom. The summed E-state index contributed by atoms with van der Waals surface area (Å²) in [7, 11) is 0. The Morgan fingerprint density at radius 3 is 2.50 bits per heavy atom. The summed E-state index contributed by atoms with van der Waals surface area (Å²) in [4.78, 5) is 27.1. The molecule has 176 valence electrons. The second-order valence-corrected chi connectivity index (χ2v) is 8.62. The molecule has 0 bridgehead atoms. The molecule has 6 nitrogen and oxygen atoms in total. The number of carbonyl (C=O) groups is 2. The average molecular weight is 474 g/mol. The van der Waals surface area contributed by atoms with Gasteiger partial charge in [0.2, 0.25) is 0 Å². The number of nitrogens with zero attached hydrogens (tertiary/aromatic N) is 2. The van der Waals surface area contributed by atoms with Crippen LogP contribution in [0.1, 0.15) is 27.8 Å². The smallest absolute Gasteiger partial charge is 0.329 e. The van der Waals surface area contributed by atoms with E-state index in [0.717, 1.165) is 27.5 Å². The predicted octanol–water partition coefficient (Wildman–Crippen LogP) is 5.69. The fourth-order valence-corrected chi connectivity index (χ4v) is 4.20. The van der Waals surface area contributed by atoms with Crippen LogP contribution in [-0.4, -0.2) is 16.8 Å². The molecule has 4 aromatic carbocycles. The summed E-state index contributed by atoms with van der Waals surface area (Å²) in [6, 6.07) is 28.3. The summed E-state index contributed by atoms with van der Waals surface area (Å²) < 4.78 is 6.15.